The molecule has 1 saturated heterocycles. The maximum absolute atomic E-state index is 13.3. The Balaban J connectivity index is 1.63. The minimum Gasteiger partial charge on any atom is -0.409 e. The summed E-state index contributed by atoms with van der Waals surface area (Å²) in [7, 11) is -3.41. The van der Waals surface area contributed by atoms with Crippen LogP contribution < -0.4 is 20.1 Å². The van der Waals surface area contributed by atoms with Gasteiger partial charge < -0.3 is 15.8 Å². The number of benzene rings is 1. The van der Waals surface area contributed by atoms with E-state index in [4.69, 9.17) is 0 Å². The van der Waals surface area contributed by atoms with Crippen LogP contribution in [0.15, 0.2) is 32.5 Å². The normalized spacial score (nSPS) is 19.2. The summed E-state index contributed by atoms with van der Waals surface area (Å²) in [4.78, 5) is 0. The van der Waals surface area contributed by atoms with E-state index in [0.717, 1.165) is 0 Å². The molecule has 0 bridgehead atoms. The zero-order valence-corrected chi connectivity index (χ0v) is 16.0. The van der Waals surface area contributed by atoms with Gasteiger partial charge in [-0.1, -0.05) is 5.16 Å². The van der Waals surface area contributed by atoms with Crippen molar-refractivity contribution < 1.29 is 22.6 Å². The predicted molar refractivity (Wildman–Crippen MR) is 97.3 cm³/mol. The molecular formula is C13H15BrFN7O4S. The summed E-state index contributed by atoms with van der Waals surface area (Å²) in [6.45, 7) is 0.648. The van der Waals surface area contributed by atoms with E-state index in [9.17, 15) is 18.0 Å². The van der Waals surface area contributed by atoms with E-state index < -0.39 is 16.0 Å². The molecule has 0 aliphatic carbocycles. The van der Waals surface area contributed by atoms with Crippen LogP contribution in [0.1, 0.15) is 12.1 Å². The summed E-state index contributed by atoms with van der Waals surface area (Å²) < 4.78 is 45.6. The van der Waals surface area contributed by atoms with Crippen LogP contribution in [0.4, 0.5) is 15.9 Å². The monoisotopic (exact) mass is 463 g/mol. The van der Waals surface area contributed by atoms with Gasteiger partial charge in [0.2, 0.25) is 11.7 Å². The highest BCUT2D eigenvalue weighted by atomic mass is 79.9. The van der Waals surface area contributed by atoms with Gasteiger partial charge in [-0.3, -0.25) is 0 Å². The standard InChI is InChI=1S/C13H15BrFN7O4S/c14-9-5-7(1-2-10(9)15)18-13(19-23)11-12(21-26-20-11)16-4-3-8-6-17-27(24,25)22-8/h1-2,5,8,17,22-23H,3-4,6H2,(H,16,21)(H,18,19). The average molecular weight is 464 g/mol. The van der Waals surface area contributed by atoms with Crippen LogP contribution in [0.5, 0.6) is 0 Å². The average Bonchev–Trinajstić information content (AvgIpc) is 3.22. The SMILES string of the molecule is O=S1(=O)NCC(CCNc2nonc2C(=NO)Nc2ccc(F)c(Br)c2)N1. The maximum atomic E-state index is 13.3. The number of rotatable bonds is 6. The van der Waals surface area contributed by atoms with Crippen LogP contribution >= 0.6 is 15.9 Å². The van der Waals surface area contributed by atoms with E-state index in [2.05, 4.69) is 56.1 Å². The van der Waals surface area contributed by atoms with E-state index in [1.165, 1.54) is 18.2 Å². The molecule has 2 aromatic rings. The Morgan fingerprint density at radius 1 is 1.48 bits per heavy atom. The second-order valence-electron chi connectivity index (χ2n) is 5.55. The van der Waals surface area contributed by atoms with Gasteiger partial charge in [-0.15, -0.1) is 0 Å². The number of aromatic nitrogens is 2. The number of amidine groups is 1. The van der Waals surface area contributed by atoms with Crippen molar-refractivity contribution in [1.82, 2.24) is 19.8 Å². The molecule has 0 saturated carbocycles. The lowest BCUT2D eigenvalue weighted by molar-refractivity contribution is 0.305. The van der Waals surface area contributed by atoms with E-state index >= 15 is 0 Å². The van der Waals surface area contributed by atoms with E-state index in [0.29, 0.717) is 18.7 Å². The molecule has 1 unspecified atom stereocenters. The third kappa shape index (κ3) is 4.91. The van der Waals surface area contributed by atoms with Gasteiger partial charge in [-0.2, -0.15) is 13.1 Å². The Kier molecular flexibility index (Phi) is 5.88. The molecule has 0 spiro atoms. The third-order valence-electron chi connectivity index (χ3n) is 3.62. The van der Waals surface area contributed by atoms with Crippen molar-refractivity contribution in [3.05, 3.63) is 34.2 Å². The molecule has 3 rings (SSSR count). The molecule has 27 heavy (non-hydrogen) atoms. The number of anilines is 2. The summed E-state index contributed by atoms with van der Waals surface area (Å²) in [6, 6.07) is 3.88. The second kappa shape index (κ2) is 8.16. The number of hydrogen-bond acceptors (Lipinski definition) is 8. The zero-order chi connectivity index (χ0) is 19.4. The number of oxime groups is 1. The van der Waals surface area contributed by atoms with Gasteiger partial charge in [0.05, 0.1) is 4.47 Å². The summed E-state index contributed by atoms with van der Waals surface area (Å²) in [5.74, 6) is -0.309. The molecule has 1 fully saturated rings. The van der Waals surface area contributed by atoms with Gasteiger partial charge in [0.15, 0.2) is 5.69 Å². The summed E-state index contributed by atoms with van der Waals surface area (Å²) in [5.41, 5.74) is 0.541. The topological polar surface area (TPSA) is 154 Å². The van der Waals surface area contributed by atoms with Crippen molar-refractivity contribution in [2.75, 3.05) is 23.7 Å². The van der Waals surface area contributed by atoms with Crippen molar-refractivity contribution in [2.45, 2.75) is 12.5 Å². The molecule has 1 aromatic carbocycles. The number of halogens is 2. The Bertz CT molecular complexity index is 952. The number of nitrogens with one attached hydrogen (secondary N) is 4. The highest BCUT2D eigenvalue weighted by molar-refractivity contribution is 9.10. The molecule has 1 atom stereocenters. The fourth-order valence-corrected chi connectivity index (χ4v) is 3.86. The molecule has 1 aromatic heterocycles. The molecule has 146 valence electrons. The lowest BCUT2D eigenvalue weighted by atomic mass is 10.2. The van der Waals surface area contributed by atoms with Gasteiger partial charge in [-0.05, 0) is 50.9 Å². The predicted octanol–water partition coefficient (Wildman–Crippen LogP) is 0.827. The molecular weight excluding hydrogens is 449 g/mol. The Morgan fingerprint density at radius 3 is 2.96 bits per heavy atom. The molecule has 0 amide bonds. The summed E-state index contributed by atoms with van der Waals surface area (Å²) >= 11 is 3.07. The molecule has 1 aliphatic rings. The van der Waals surface area contributed by atoms with Crippen LogP contribution in [0.25, 0.3) is 0 Å². The molecule has 14 heteroatoms. The molecule has 0 radical (unpaired) electrons. The highest BCUT2D eigenvalue weighted by Gasteiger charge is 2.25. The van der Waals surface area contributed by atoms with Gasteiger partial charge in [-0.25, -0.2) is 13.7 Å². The van der Waals surface area contributed by atoms with Crippen molar-refractivity contribution in [2.24, 2.45) is 5.16 Å². The van der Waals surface area contributed by atoms with Gasteiger partial charge in [0, 0.05) is 24.8 Å². The van der Waals surface area contributed by atoms with E-state index in [-0.39, 0.29) is 34.4 Å². The largest absolute Gasteiger partial charge is 0.409 e. The summed E-state index contributed by atoms with van der Waals surface area (Å²) in [6.07, 6.45) is 0.475. The Labute approximate surface area is 161 Å². The molecule has 11 nitrogen and oxygen atoms in total. The van der Waals surface area contributed by atoms with Crippen LogP contribution in [-0.4, -0.2) is 48.9 Å². The van der Waals surface area contributed by atoms with E-state index in [1.807, 2.05) is 0 Å². The van der Waals surface area contributed by atoms with Crippen LogP contribution in [0, 0.1) is 5.82 Å². The first-order chi connectivity index (χ1) is 12.9. The molecule has 2 heterocycles. The Morgan fingerprint density at radius 2 is 2.30 bits per heavy atom. The van der Waals surface area contributed by atoms with Crippen LogP contribution in [0.3, 0.4) is 0 Å². The lowest BCUT2D eigenvalue weighted by Crippen LogP contribution is -2.29. The quantitative estimate of drug-likeness (QED) is 0.182. The first kappa shape index (κ1) is 19.5. The van der Waals surface area contributed by atoms with Gasteiger partial charge in [0.25, 0.3) is 10.2 Å². The minimum atomic E-state index is -3.41. The summed E-state index contributed by atoms with van der Waals surface area (Å²) in [5, 5.41) is 25.5. The van der Waals surface area contributed by atoms with Crippen molar-refractivity contribution in [3.63, 3.8) is 0 Å². The van der Waals surface area contributed by atoms with E-state index in [1.54, 1.807) is 0 Å². The third-order valence-corrected chi connectivity index (χ3v) is 5.42. The lowest BCUT2D eigenvalue weighted by Gasteiger charge is -2.10. The van der Waals surface area contributed by atoms with Crippen LogP contribution in [-0.2, 0) is 10.2 Å². The second-order valence-corrected chi connectivity index (χ2v) is 7.93. The maximum Gasteiger partial charge on any atom is 0.277 e. The molecule has 1 aliphatic heterocycles. The number of hydrogen-bond donors (Lipinski definition) is 5. The van der Waals surface area contributed by atoms with Crippen molar-refractivity contribution in [1.29, 1.82) is 0 Å². The van der Waals surface area contributed by atoms with Gasteiger partial charge in [0.1, 0.15) is 5.82 Å². The zero-order valence-electron chi connectivity index (χ0n) is 13.6. The van der Waals surface area contributed by atoms with Gasteiger partial charge >= 0.3 is 0 Å². The smallest absolute Gasteiger partial charge is 0.277 e. The Hall–Kier alpha value is -2.29. The highest BCUT2D eigenvalue weighted by Crippen LogP contribution is 2.21. The van der Waals surface area contributed by atoms with Crippen molar-refractivity contribution in [3.8, 4) is 0 Å². The van der Waals surface area contributed by atoms with Crippen LogP contribution in [0.2, 0.25) is 0 Å². The first-order valence-corrected chi connectivity index (χ1v) is 9.93. The number of nitrogens with zero attached hydrogens (tertiary/aromatic N) is 3. The first-order valence-electron chi connectivity index (χ1n) is 7.66. The fraction of sp³-hybridized carbons (Fsp3) is 0.308. The minimum absolute atomic E-state index is 0.0690. The van der Waals surface area contributed by atoms with Crippen molar-refractivity contribution >= 4 is 43.5 Å². The molecule has 5 N–H and O–H groups in total. The fourth-order valence-electron chi connectivity index (χ4n) is 2.34.